The van der Waals surface area contributed by atoms with E-state index in [4.69, 9.17) is 0 Å². The molecular formula is C14H10BrNS. The molecule has 0 saturated heterocycles. The molecule has 0 amide bonds. The van der Waals surface area contributed by atoms with E-state index in [1.54, 1.807) is 11.8 Å². The maximum absolute atomic E-state index is 3.44. The number of aromatic nitrogens is 1. The first kappa shape index (κ1) is 10.9. The van der Waals surface area contributed by atoms with E-state index in [9.17, 15) is 0 Å². The summed E-state index contributed by atoms with van der Waals surface area (Å²) >= 11 is 5.19. The maximum atomic E-state index is 3.44. The lowest BCUT2D eigenvalue weighted by Gasteiger charge is -1.98. The smallest absolute Gasteiger partial charge is 0.0780 e. The standard InChI is InChI=1S/C14H10BrNS/c15-11-5-7-12(8-6-11)17-14-9-10-3-1-2-4-13(10)16-14/h1-9,16H. The van der Waals surface area contributed by atoms with E-state index in [-0.39, 0.29) is 0 Å². The Hall–Kier alpha value is -1.19. The fourth-order valence-electron chi connectivity index (χ4n) is 1.73. The molecule has 17 heavy (non-hydrogen) atoms. The van der Waals surface area contributed by atoms with Gasteiger partial charge in [0.1, 0.15) is 0 Å². The van der Waals surface area contributed by atoms with E-state index in [2.05, 4.69) is 69.4 Å². The molecule has 1 N–H and O–H groups in total. The minimum Gasteiger partial charge on any atom is -0.349 e. The van der Waals surface area contributed by atoms with Gasteiger partial charge < -0.3 is 4.98 Å². The number of hydrogen-bond donors (Lipinski definition) is 1. The molecule has 84 valence electrons. The second-order valence-electron chi connectivity index (χ2n) is 3.78. The Morgan fingerprint density at radius 1 is 0.941 bits per heavy atom. The summed E-state index contributed by atoms with van der Waals surface area (Å²) in [4.78, 5) is 4.65. The number of H-pyrrole nitrogens is 1. The van der Waals surface area contributed by atoms with Crippen LogP contribution in [0.1, 0.15) is 0 Å². The Bertz CT molecular complexity index is 610. The maximum Gasteiger partial charge on any atom is 0.0780 e. The average molecular weight is 304 g/mol. The second kappa shape index (κ2) is 4.59. The van der Waals surface area contributed by atoms with Gasteiger partial charge in [-0.05, 0) is 36.4 Å². The Balaban J connectivity index is 1.92. The molecule has 3 rings (SSSR count). The van der Waals surface area contributed by atoms with E-state index in [1.165, 1.54) is 20.8 Å². The number of benzene rings is 2. The van der Waals surface area contributed by atoms with E-state index >= 15 is 0 Å². The van der Waals surface area contributed by atoms with Crippen LogP contribution in [0.15, 0.2) is 69.0 Å². The first-order valence-electron chi connectivity index (χ1n) is 5.32. The summed E-state index contributed by atoms with van der Waals surface area (Å²) in [5.74, 6) is 0. The van der Waals surface area contributed by atoms with Crippen molar-refractivity contribution in [3.8, 4) is 0 Å². The minimum absolute atomic E-state index is 1.11. The fraction of sp³-hybridized carbons (Fsp3) is 0. The summed E-state index contributed by atoms with van der Waals surface area (Å²) in [6.07, 6.45) is 0. The summed E-state index contributed by atoms with van der Waals surface area (Å²) in [5, 5.41) is 2.43. The quantitative estimate of drug-likeness (QED) is 0.698. The largest absolute Gasteiger partial charge is 0.349 e. The molecule has 3 aromatic rings. The highest BCUT2D eigenvalue weighted by molar-refractivity contribution is 9.10. The lowest BCUT2D eigenvalue weighted by Crippen LogP contribution is -1.72. The first-order valence-corrected chi connectivity index (χ1v) is 6.93. The van der Waals surface area contributed by atoms with Gasteiger partial charge in [0.15, 0.2) is 0 Å². The summed E-state index contributed by atoms with van der Waals surface area (Å²) in [6, 6.07) is 18.9. The number of rotatable bonds is 2. The van der Waals surface area contributed by atoms with Crippen molar-refractivity contribution in [1.82, 2.24) is 4.98 Å². The van der Waals surface area contributed by atoms with Crippen LogP contribution in [0.25, 0.3) is 10.9 Å². The predicted molar refractivity (Wildman–Crippen MR) is 76.6 cm³/mol. The van der Waals surface area contributed by atoms with Crippen LogP contribution >= 0.6 is 27.7 Å². The molecule has 0 atom stereocenters. The topological polar surface area (TPSA) is 15.8 Å². The van der Waals surface area contributed by atoms with Crippen LogP contribution < -0.4 is 0 Å². The Kier molecular flexibility index (Phi) is 2.95. The van der Waals surface area contributed by atoms with Gasteiger partial charge in [0, 0.05) is 20.3 Å². The Morgan fingerprint density at radius 3 is 2.47 bits per heavy atom. The van der Waals surface area contributed by atoms with Crippen molar-refractivity contribution in [2.24, 2.45) is 0 Å². The highest BCUT2D eigenvalue weighted by atomic mass is 79.9. The SMILES string of the molecule is Brc1ccc(Sc2cc3ccccc3[nH]2)cc1. The van der Waals surface area contributed by atoms with Crippen LogP contribution in [-0.4, -0.2) is 4.98 Å². The summed E-state index contributed by atoms with van der Waals surface area (Å²) < 4.78 is 1.11. The Labute approximate surface area is 112 Å². The van der Waals surface area contributed by atoms with Crippen molar-refractivity contribution in [2.45, 2.75) is 9.92 Å². The molecule has 0 spiro atoms. The number of para-hydroxylation sites is 1. The molecule has 0 unspecified atom stereocenters. The van der Waals surface area contributed by atoms with E-state index in [1.807, 2.05) is 6.07 Å². The van der Waals surface area contributed by atoms with Crippen molar-refractivity contribution >= 4 is 38.6 Å². The lowest BCUT2D eigenvalue weighted by molar-refractivity contribution is 1.23. The molecule has 1 heterocycles. The summed E-state index contributed by atoms with van der Waals surface area (Å²) in [5.41, 5.74) is 1.19. The van der Waals surface area contributed by atoms with Crippen molar-refractivity contribution < 1.29 is 0 Å². The van der Waals surface area contributed by atoms with Crippen LogP contribution in [0, 0.1) is 0 Å². The molecular weight excluding hydrogens is 294 g/mol. The number of hydrogen-bond acceptors (Lipinski definition) is 1. The molecule has 0 aliphatic heterocycles. The van der Waals surface area contributed by atoms with Gasteiger partial charge in [-0.1, -0.05) is 45.9 Å². The van der Waals surface area contributed by atoms with Gasteiger partial charge in [-0.25, -0.2) is 0 Å². The number of halogens is 1. The highest BCUT2D eigenvalue weighted by Gasteiger charge is 2.01. The molecule has 3 heteroatoms. The van der Waals surface area contributed by atoms with Gasteiger partial charge in [-0.2, -0.15) is 0 Å². The number of fused-ring (bicyclic) bond motifs is 1. The predicted octanol–water partition coefficient (Wildman–Crippen LogP) is 5.08. The van der Waals surface area contributed by atoms with Crippen LogP contribution in [-0.2, 0) is 0 Å². The Morgan fingerprint density at radius 2 is 1.71 bits per heavy atom. The molecule has 1 aromatic heterocycles. The third-order valence-electron chi connectivity index (χ3n) is 2.55. The zero-order valence-electron chi connectivity index (χ0n) is 8.98. The molecule has 2 aromatic carbocycles. The van der Waals surface area contributed by atoms with Crippen LogP contribution in [0.5, 0.6) is 0 Å². The van der Waals surface area contributed by atoms with Gasteiger partial charge in [0.25, 0.3) is 0 Å². The molecule has 0 bridgehead atoms. The third kappa shape index (κ3) is 2.40. The molecule has 0 aliphatic carbocycles. The van der Waals surface area contributed by atoms with Crippen molar-refractivity contribution in [3.63, 3.8) is 0 Å². The number of aromatic amines is 1. The zero-order chi connectivity index (χ0) is 11.7. The minimum atomic E-state index is 1.11. The normalized spacial score (nSPS) is 10.9. The van der Waals surface area contributed by atoms with Gasteiger partial charge in [-0.15, -0.1) is 0 Å². The fourth-order valence-corrected chi connectivity index (χ4v) is 2.87. The van der Waals surface area contributed by atoms with Gasteiger partial charge >= 0.3 is 0 Å². The summed E-state index contributed by atoms with van der Waals surface area (Å²) in [6.45, 7) is 0. The monoisotopic (exact) mass is 303 g/mol. The third-order valence-corrected chi connectivity index (χ3v) is 4.02. The average Bonchev–Trinajstić information content (AvgIpc) is 2.74. The molecule has 0 saturated carbocycles. The molecule has 1 nitrogen and oxygen atoms in total. The second-order valence-corrected chi connectivity index (χ2v) is 5.81. The number of nitrogens with one attached hydrogen (secondary N) is 1. The first-order chi connectivity index (χ1) is 8.31. The molecule has 0 radical (unpaired) electrons. The van der Waals surface area contributed by atoms with E-state index in [0.29, 0.717) is 0 Å². The van der Waals surface area contributed by atoms with Gasteiger partial charge in [-0.3, -0.25) is 0 Å². The van der Waals surface area contributed by atoms with Crippen LogP contribution in [0.3, 0.4) is 0 Å². The van der Waals surface area contributed by atoms with Crippen molar-refractivity contribution in [1.29, 1.82) is 0 Å². The lowest BCUT2D eigenvalue weighted by atomic mass is 10.3. The van der Waals surface area contributed by atoms with Crippen molar-refractivity contribution in [2.75, 3.05) is 0 Å². The molecule has 0 fully saturated rings. The van der Waals surface area contributed by atoms with Gasteiger partial charge in [0.05, 0.1) is 5.03 Å². The van der Waals surface area contributed by atoms with Crippen molar-refractivity contribution in [3.05, 3.63) is 59.1 Å². The van der Waals surface area contributed by atoms with E-state index < -0.39 is 0 Å². The van der Waals surface area contributed by atoms with E-state index in [0.717, 1.165) is 4.47 Å². The van der Waals surface area contributed by atoms with Crippen LogP contribution in [0.4, 0.5) is 0 Å². The summed E-state index contributed by atoms with van der Waals surface area (Å²) in [7, 11) is 0. The highest BCUT2D eigenvalue weighted by Crippen LogP contribution is 2.30. The zero-order valence-corrected chi connectivity index (χ0v) is 11.4. The van der Waals surface area contributed by atoms with Gasteiger partial charge in [0.2, 0.25) is 0 Å². The van der Waals surface area contributed by atoms with Crippen LogP contribution in [0.2, 0.25) is 0 Å². The molecule has 0 aliphatic rings.